The molecule has 3 aromatic heterocycles. The molecule has 3 unspecified atom stereocenters. The molecule has 5 heterocycles. The summed E-state index contributed by atoms with van der Waals surface area (Å²) in [6, 6.07) is 3.41. The highest BCUT2D eigenvalue weighted by Crippen LogP contribution is 2.41. The van der Waals surface area contributed by atoms with Gasteiger partial charge in [0.25, 0.3) is 0 Å². The van der Waals surface area contributed by atoms with Gasteiger partial charge in [0.1, 0.15) is 17.3 Å². The van der Waals surface area contributed by atoms with Crippen molar-refractivity contribution in [3.8, 4) is 0 Å². The van der Waals surface area contributed by atoms with Gasteiger partial charge in [-0.05, 0) is 44.2 Å². The molecular weight excluding hydrogens is 495 g/mol. The summed E-state index contributed by atoms with van der Waals surface area (Å²) < 4.78 is 19.7. The number of H-pyrrole nitrogens is 1. The van der Waals surface area contributed by atoms with Crippen molar-refractivity contribution < 1.29 is 13.9 Å². The maximum atomic E-state index is 14.6. The van der Waals surface area contributed by atoms with Gasteiger partial charge in [0.05, 0.1) is 23.2 Å². The van der Waals surface area contributed by atoms with E-state index in [0.29, 0.717) is 28.3 Å². The zero-order valence-corrected chi connectivity index (χ0v) is 21.5. The molecule has 5 N–H and O–H groups in total. The molecule has 3 aliphatic rings. The fraction of sp³-hybridized carbons (Fsp3) is 0.440. The van der Waals surface area contributed by atoms with Gasteiger partial charge in [-0.1, -0.05) is 6.42 Å². The van der Waals surface area contributed by atoms with Gasteiger partial charge in [-0.3, -0.25) is 5.32 Å². The minimum absolute atomic E-state index is 0.173. The number of ether oxygens (including phenoxy) is 1. The van der Waals surface area contributed by atoms with Gasteiger partial charge in [-0.25, -0.2) is 14.2 Å². The Morgan fingerprint density at radius 3 is 3.00 bits per heavy atom. The number of nitrogens with zero attached hydrogens (tertiary/aromatic N) is 4. The molecule has 4 aromatic rings. The second kappa shape index (κ2) is 9.42. The lowest BCUT2D eigenvalue weighted by Crippen LogP contribution is -2.51. The van der Waals surface area contributed by atoms with Gasteiger partial charge in [0, 0.05) is 36.4 Å². The first-order chi connectivity index (χ1) is 17.9. The van der Waals surface area contributed by atoms with Crippen molar-refractivity contribution in [2.75, 3.05) is 35.7 Å². The Bertz CT molecular complexity index is 1490. The third-order valence-corrected chi connectivity index (χ3v) is 8.15. The van der Waals surface area contributed by atoms with Crippen LogP contribution in [0.3, 0.4) is 0 Å². The van der Waals surface area contributed by atoms with E-state index in [0.717, 1.165) is 54.3 Å². The van der Waals surface area contributed by atoms with E-state index in [1.807, 2.05) is 0 Å². The number of carbonyl (C=O) groups excluding carboxylic acids is 1. The largest absolute Gasteiger partial charge is 0.461 e. The Hall–Kier alpha value is -3.51. The van der Waals surface area contributed by atoms with Gasteiger partial charge in [0.2, 0.25) is 5.95 Å². The van der Waals surface area contributed by atoms with E-state index in [9.17, 15) is 9.18 Å². The number of esters is 1. The van der Waals surface area contributed by atoms with E-state index in [1.54, 1.807) is 19.4 Å². The predicted molar refractivity (Wildman–Crippen MR) is 143 cm³/mol. The number of hydrogen-bond acceptors (Lipinski definition) is 10. The van der Waals surface area contributed by atoms with Gasteiger partial charge >= 0.3 is 5.97 Å². The fourth-order valence-electron chi connectivity index (χ4n) is 5.66. The average Bonchev–Trinajstić information content (AvgIpc) is 3.37. The van der Waals surface area contributed by atoms with Crippen LogP contribution in [-0.4, -0.2) is 58.2 Å². The third kappa shape index (κ3) is 4.23. The number of carbonyl (C=O) groups is 1. The molecule has 0 spiro atoms. The predicted octanol–water partition coefficient (Wildman–Crippen LogP) is 4.37. The molecule has 1 aromatic carbocycles. The summed E-state index contributed by atoms with van der Waals surface area (Å²) in [7, 11) is 1.76. The summed E-state index contributed by atoms with van der Waals surface area (Å²) in [4.78, 5) is 31.8. The molecule has 0 amide bonds. The van der Waals surface area contributed by atoms with Crippen LogP contribution in [0.25, 0.3) is 21.9 Å². The second-order valence-electron chi connectivity index (χ2n) is 9.63. The molecule has 1 aliphatic carbocycles. The number of aromatic nitrogens is 4. The van der Waals surface area contributed by atoms with Crippen LogP contribution in [0.15, 0.2) is 17.5 Å². The number of hydrogen-bond donors (Lipinski definition) is 4. The fourth-order valence-corrected chi connectivity index (χ4v) is 6.33. The number of nitrogens with two attached hydrogens (primary N) is 1. The van der Waals surface area contributed by atoms with Crippen molar-refractivity contribution in [3.05, 3.63) is 29.0 Å². The molecule has 2 aliphatic heterocycles. The number of rotatable bonds is 6. The number of halogens is 1. The summed E-state index contributed by atoms with van der Waals surface area (Å²) in [5, 5.41) is 9.86. The van der Waals surface area contributed by atoms with Crippen LogP contribution in [-0.2, 0) is 4.74 Å². The van der Waals surface area contributed by atoms with E-state index in [-0.39, 0.29) is 30.2 Å². The molecule has 37 heavy (non-hydrogen) atoms. The molecule has 12 heteroatoms. The van der Waals surface area contributed by atoms with Crippen LogP contribution in [0.5, 0.6) is 0 Å². The van der Waals surface area contributed by atoms with Crippen LogP contribution < -0.4 is 21.3 Å². The first-order valence-electron chi connectivity index (χ1n) is 12.6. The Kier molecular flexibility index (Phi) is 6.07. The minimum Gasteiger partial charge on any atom is -0.461 e. The van der Waals surface area contributed by atoms with E-state index in [4.69, 9.17) is 20.4 Å². The van der Waals surface area contributed by atoms with Crippen LogP contribution >= 0.6 is 11.3 Å². The molecule has 0 radical (unpaired) electrons. The summed E-state index contributed by atoms with van der Waals surface area (Å²) in [6.07, 6.45) is 4.15. The quantitative estimate of drug-likeness (QED) is 0.271. The van der Waals surface area contributed by atoms with E-state index >= 15 is 0 Å². The molecule has 2 saturated heterocycles. The third-order valence-electron chi connectivity index (χ3n) is 7.39. The van der Waals surface area contributed by atoms with Crippen molar-refractivity contribution >= 4 is 61.8 Å². The van der Waals surface area contributed by atoms with Gasteiger partial charge in [0.15, 0.2) is 10.8 Å². The van der Waals surface area contributed by atoms with Crippen LogP contribution in [0.1, 0.15) is 43.1 Å². The minimum atomic E-state index is -0.474. The zero-order chi connectivity index (χ0) is 25.7. The molecule has 3 fully saturated rings. The SMILES string of the molecule is CCOC(=O)c1csc(Nc2nc(N3CC4CCCC3CC4N)c3c(n2)[nH]c2c(NC)cc(F)cc23)n1. The molecule has 194 valence electrons. The maximum Gasteiger partial charge on any atom is 0.357 e. The first kappa shape index (κ1) is 23.9. The summed E-state index contributed by atoms with van der Waals surface area (Å²) in [6.45, 7) is 2.82. The van der Waals surface area contributed by atoms with Crippen molar-refractivity contribution in [1.29, 1.82) is 0 Å². The number of thiazole rings is 1. The lowest BCUT2D eigenvalue weighted by molar-refractivity contribution is 0.0520. The standard InChI is InChI=1S/C25H29FN8O2S/c1-3-36-23(35)18-11-37-25(29-18)33-24-31-21-19(15-7-13(26)8-17(28-2)20(15)30-21)22(32-24)34-10-12-5-4-6-14(34)9-16(12)27/h7-8,11-12,14,16,28H,3-6,9-10,27H2,1-2H3,(H2,29,30,31,32,33). The van der Waals surface area contributed by atoms with Gasteiger partial charge < -0.3 is 25.7 Å². The van der Waals surface area contributed by atoms with E-state index < -0.39 is 5.97 Å². The number of benzene rings is 1. The normalized spacial score (nSPS) is 21.4. The van der Waals surface area contributed by atoms with Crippen molar-refractivity contribution in [2.45, 2.75) is 44.7 Å². The second-order valence-corrected chi connectivity index (χ2v) is 10.5. The number of aromatic amines is 1. The smallest absolute Gasteiger partial charge is 0.357 e. The van der Waals surface area contributed by atoms with Crippen molar-refractivity contribution in [2.24, 2.45) is 11.7 Å². The number of piperidine rings is 1. The van der Waals surface area contributed by atoms with Gasteiger partial charge in [-0.15, -0.1) is 11.3 Å². The molecule has 2 bridgehead atoms. The van der Waals surface area contributed by atoms with E-state index in [2.05, 4.69) is 25.5 Å². The Labute approximate surface area is 216 Å². The maximum absolute atomic E-state index is 14.6. The first-order valence-corrected chi connectivity index (χ1v) is 13.5. The molecule has 10 nitrogen and oxygen atoms in total. The van der Waals surface area contributed by atoms with Crippen LogP contribution in [0, 0.1) is 11.7 Å². The van der Waals surface area contributed by atoms with Gasteiger partial charge in [-0.2, -0.15) is 9.97 Å². The highest BCUT2D eigenvalue weighted by atomic mass is 32.1. The molecular formula is C25H29FN8O2S. The number of anilines is 4. The van der Waals surface area contributed by atoms with Crippen LogP contribution in [0.2, 0.25) is 0 Å². The van der Waals surface area contributed by atoms with E-state index in [1.165, 1.54) is 23.5 Å². The highest BCUT2D eigenvalue weighted by molar-refractivity contribution is 7.14. The monoisotopic (exact) mass is 524 g/mol. The van der Waals surface area contributed by atoms with Crippen molar-refractivity contribution in [3.63, 3.8) is 0 Å². The molecule has 3 atom stereocenters. The molecule has 7 rings (SSSR count). The number of nitrogens with one attached hydrogen (secondary N) is 3. The number of fused-ring (bicyclic) bond motifs is 7. The Morgan fingerprint density at radius 2 is 2.19 bits per heavy atom. The zero-order valence-electron chi connectivity index (χ0n) is 20.7. The lowest BCUT2D eigenvalue weighted by atomic mass is 9.89. The lowest BCUT2D eigenvalue weighted by Gasteiger charge is -2.41. The summed E-state index contributed by atoms with van der Waals surface area (Å²) >= 11 is 1.27. The Morgan fingerprint density at radius 1 is 1.32 bits per heavy atom. The molecule has 1 saturated carbocycles. The average molecular weight is 525 g/mol. The topological polar surface area (TPSA) is 134 Å². The highest BCUT2D eigenvalue weighted by Gasteiger charge is 2.38. The Balaban J connectivity index is 1.49. The summed E-state index contributed by atoms with van der Waals surface area (Å²) in [5.74, 6) is 0.658. The summed E-state index contributed by atoms with van der Waals surface area (Å²) in [5.41, 5.74) is 8.74. The van der Waals surface area contributed by atoms with Crippen LogP contribution in [0.4, 0.5) is 27.0 Å². The van der Waals surface area contributed by atoms with Crippen molar-refractivity contribution in [1.82, 2.24) is 19.9 Å².